The second-order valence-electron chi connectivity index (χ2n) is 8.28. The Morgan fingerprint density at radius 3 is 2.43 bits per heavy atom. The molecular formula is C24H35IN4O. The van der Waals surface area contributed by atoms with Crippen LogP contribution in [0.1, 0.15) is 32.3 Å². The monoisotopic (exact) mass is 522 g/mol. The van der Waals surface area contributed by atoms with Gasteiger partial charge in [0.2, 0.25) is 0 Å². The Hall–Kier alpha value is -1.96. The Kier molecular flexibility index (Phi) is 9.27. The second kappa shape index (κ2) is 11.4. The normalized spacial score (nSPS) is 15.3. The van der Waals surface area contributed by atoms with Crippen molar-refractivity contribution in [2.24, 2.45) is 4.99 Å². The Labute approximate surface area is 198 Å². The molecule has 0 saturated carbocycles. The minimum atomic E-state index is -0.0389. The molecule has 2 aromatic rings. The highest BCUT2D eigenvalue weighted by Gasteiger charge is 2.23. The van der Waals surface area contributed by atoms with Crippen LogP contribution >= 0.6 is 24.0 Å². The van der Waals surface area contributed by atoms with Gasteiger partial charge in [0.15, 0.2) is 5.96 Å². The Bertz CT molecular complexity index is 802. The maximum Gasteiger partial charge on any atom is 0.191 e. The Morgan fingerprint density at radius 2 is 1.80 bits per heavy atom. The van der Waals surface area contributed by atoms with Crippen LogP contribution in [-0.4, -0.2) is 45.8 Å². The molecule has 0 bridgehead atoms. The largest absolute Gasteiger partial charge is 0.497 e. The molecule has 1 aliphatic heterocycles. The van der Waals surface area contributed by atoms with Gasteiger partial charge in [-0.05, 0) is 42.7 Å². The molecule has 0 spiro atoms. The number of piperidine rings is 1. The van der Waals surface area contributed by atoms with Crippen molar-refractivity contribution in [3.05, 3.63) is 60.2 Å². The predicted octanol–water partition coefficient (Wildman–Crippen LogP) is 4.42. The summed E-state index contributed by atoms with van der Waals surface area (Å²) in [6.45, 7) is 7.39. The summed E-state index contributed by atoms with van der Waals surface area (Å²) in [5, 5.41) is 7.13. The summed E-state index contributed by atoms with van der Waals surface area (Å²) in [6, 6.07) is 19.4. The number of halogens is 1. The van der Waals surface area contributed by atoms with Gasteiger partial charge < -0.3 is 20.3 Å². The smallest absolute Gasteiger partial charge is 0.191 e. The lowest BCUT2D eigenvalue weighted by Gasteiger charge is -2.35. The lowest BCUT2D eigenvalue weighted by atomic mass is 9.84. The molecule has 2 aromatic carbocycles. The van der Waals surface area contributed by atoms with Crippen molar-refractivity contribution >= 4 is 35.6 Å². The number of guanidine groups is 1. The first kappa shape index (κ1) is 24.3. The zero-order valence-electron chi connectivity index (χ0n) is 18.5. The SMILES string of the molecule is CN=C(NCC(C)(C)c1cccc(OC)c1)NC1CCN(c2ccccc2)CC1.I. The van der Waals surface area contributed by atoms with Gasteiger partial charge in [-0.1, -0.05) is 44.2 Å². The van der Waals surface area contributed by atoms with Crippen LogP contribution in [0.4, 0.5) is 5.69 Å². The third-order valence-corrected chi connectivity index (χ3v) is 5.73. The molecule has 1 fully saturated rings. The minimum absolute atomic E-state index is 0. The summed E-state index contributed by atoms with van der Waals surface area (Å²) in [6.07, 6.45) is 2.21. The topological polar surface area (TPSA) is 48.9 Å². The quantitative estimate of drug-likeness (QED) is 0.335. The van der Waals surface area contributed by atoms with E-state index in [2.05, 4.69) is 76.8 Å². The molecule has 1 heterocycles. The first-order chi connectivity index (χ1) is 14.0. The third-order valence-electron chi connectivity index (χ3n) is 5.73. The van der Waals surface area contributed by atoms with E-state index in [9.17, 15) is 0 Å². The van der Waals surface area contributed by atoms with Gasteiger partial charge in [0.1, 0.15) is 5.75 Å². The van der Waals surface area contributed by atoms with E-state index in [1.54, 1.807) is 7.11 Å². The Morgan fingerprint density at radius 1 is 1.10 bits per heavy atom. The molecule has 0 unspecified atom stereocenters. The van der Waals surface area contributed by atoms with E-state index in [1.165, 1.54) is 11.3 Å². The summed E-state index contributed by atoms with van der Waals surface area (Å²) < 4.78 is 5.38. The van der Waals surface area contributed by atoms with Crippen molar-refractivity contribution in [3.8, 4) is 5.75 Å². The molecule has 2 N–H and O–H groups in total. The van der Waals surface area contributed by atoms with Crippen LogP contribution in [0.2, 0.25) is 0 Å². The highest BCUT2D eigenvalue weighted by molar-refractivity contribution is 14.0. The average molecular weight is 522 g/mol. The Balaban J connectivity index is 0.00000320. The van der Waals surface area contributed by atoms with Crippen LogP contribution in [0.5, 0.6) is 5.75 Å². The highest BCUT2D eigenvalue weighted by Crippen LogP contribution is 2.26. The van der Waals surface area contributed by atoms with Crippen LogP contribution in [0.25, 0.3) is 0 Å². The summed E-state index contributed by atoms with van der Waals surface area (Å²) in [7, 11) is 3.55. The van der Waals surface area contributed by atoms with Gasteiger partial charge in [-0.15, -0.1) is 24.0 Å². The van der Waals surface area contributed by atoms with Crippen molar-refractivity contribution in [2.45, 2.75) is 38.1 Å². The van der Waals surface area contributed by atoms with E-state index in [0.717, 1.165) is 44.2 Å². The summed E-state index contributed by atoms with van der Waals surface area (Å²) in [5.41, 5.74) is 2.52. The molecule has 0 radical (unpaired) electrons. The fourth-order valence-corrected chi connectivity index (χ4v) is 3.76. The van der Waals surface area contributed by atoms with E-state index in [4.69, 9.17) is 4.74 Å². The fourth-order valence-electron chi connectivity index (χ4n) is 3.76. The molecule has 6 heteroatoms. The van der Waals surface area contributed by atoms with E-state index in [-0.39, 0.29) is 29.4 Å². The van der Waals surface area contributed by atoms with Gasteiger partial charge >= 0.3 is 0 Å². The van der Waals surface area contributed by atoms with Crippen LogP contribution in [0, 0.1) is 0 Å². The number of hydrogen-bond donors (Lipinski definition) is 2. The van der Waals surface area contributed by atoms with Crippen LogP contribution in [0.15, 0.2) is 59.6 Å². The number of aliphatic imine (C=N–C) groups is 1. The van der Waals surface area contributed by atoms with Crippen molar-refractivity contribution in [2.75, 3.05) is 38.7 Å². The molecule has 0 aliphatic carbocycles. The van der Waals surface area contributed by atoms with Gasteiger partial charge in [0, 0.05) is 43.8 Å². The predicted molar refractivity (Wildman–Crippen MR) is 138 cm³/mol. The molecule has 1 saturated heterocycles. The van der Waals surface area contributed by atoms with Crippen molar-refractivity contribution in [1.29, 1.82) is 0 Å². The van der Waals surface area contributed by atoms with Gasteiger partial charge in [-0.3, -0.25) is 4.99 Å². The molecule has 1 aliphatic rings. The van der Waals surface area contributed by atoms with Crippen LogP contribution in [0.3, 0.4) is 0 Å². The third kappa shape index (κ3) is 6.52. The van der Waals surface area contributed by atoms with Gasteiger partial charge in [0.25, 0.3) is 0 Å². The zero-order valence-corrected chi connectivity index (χ0v) is 20.9. The number of para-hydroxylation sites is 1. The summed E-state index contributed by atoms with van der Waals surface area (Å²) in [5.74, 6) is 1.77. The van der Waals surface area contributed by atoms with E-state index in [1.807, 2.05) is 19.2 Å². The van der Waals surface area contributed by atoms with Crippen molar-refractivity contribution in [3.63, 3.8) is 0 Å². The van der Waals surface area contributed by atoms with Gasteiger partial charge in [0.05, 0.1) is 7.11 Å². The van der Waals surface area contributed by atoms with Crippen LogP contribution in [-0.2, 0) is 5.41 Å². The second-order valence-corrected chi connectivity index (χ2v) is 8.28. The molecule has 30 heavy (non-hydrogen) atoms. The fraction of sp³-hybridized carbons (Fsp3) is 0.458. The highest BCUT2D eigenvalue weighted by atomic mass is 127. The maximum absolute atomic E-state index is 5.38. The van der Waals surface area contributed by atoms with Crippen molar-refractivity contribution in [1.82, 2.24) is 10.6 Å². The maximum atomic E-state index is 5.38. The summed E-state index contributed by atoms with van der Waals surface area (Å²) in [4.78, 5) is 6.90. The first-order valence-corrected chi connectivity index (χ1v) is 10.4. The standard InChI is InChI=1S/C24H34N4O.HI/c1-24(2,19-9-8-12-22(17-19)29-4)18-26-23(25-3)27-20-13-15-28(16-14-20)21-10-6-5-7-11-21;/h5-12,17,20H,13-16,18H2,1-4H3,(H2,25,26,27);1H. The molecule has 0 atom stereocenters. The van der Waals surface area contributed by atoms with Gasteiger partial charge in [-0.2, -0.15) is 0 Å². The molecule has 3 rings (SSSR count). The van der Waals surface area contributed by atoms with E-state index in [0.29, 0.717) is 6.04 Å². The number of nitrogens with zero attached hydrogens (tertiary/aromatic N) is 2. The molecule has 0 amide bonds. The zero-order chi connectivity index (χ0) is 20.7. The molecule has 164 valence electrons. The first-order valence-electron chi connectivity index (χ1n) is 10.4. The number of methoxy groups -OCH3 is 1. The minimum Gasteiger partial charge on any atom is -0.497 e. The number of benzene rings is 2. The van der Waals surface area contributed by atoms with E-state index < -0.39 is 0 Å². The number of anilines is 1. The lowest BCUT2D eigenvalue weighted by Crippen LogP contribution is -2.50. The van der Waals surface area contributed by atoms with Gasteiger partial charge in [-0.25, -0.2) is 0 Å². The average Bonchev–Trinajstić information content (AvgIpc) is 2.77. The molecule has 0 aromatic heterocycles. The number of rotatable bonds is 6. The van der Waals surface area contributed by atoms with Crippen molar-refractivity contribution < 1.29 is 4.74 Å². The van der Waals surface area contributed by atoms with Crippen LogP contribution < -0.4 is 20.3 Å². The molecular weight excluding hydrogens is 487 g/mol. The summed E-state index contributed by atoms with van der Waals surface area (Å²) >= 11 is 0. The number of nitrogens with one attached hydrogen (secondary N) is 2. The number of ether oxygens (including phenoxy) is 1. The lowest BCUT2D eigenvalue weighted by molar-refractivity contribution is 0.411. The molecule has 5 nitrogen and oxygen atoms in total. The number of hydrogen-bond acceptors (Lipinski definition) is 3. The van der Waals surface area contributed by atoms with E-state index >= 15 is 0 Å².